The van der Waals surface area contributed by atoms with Crippen molar-refractivity contribution < 1.29 is 9.26 Å². The van der Waals surface area contributed by atoms with Crippen molar-refractivity contribution in [2.75, 3.05) is 13.7 Å². The van der Waals surface area contributed by atoms with Gasteiger partial charge in [0.25, 0.3) is 0 Å². The molecule has 0 radical (unpaired) electrons. The smallest absolute Gasteiger partial charge is 0.156 e. The summed E-state index contributed by atoms with van der Waals surface area (Å²) >= 11 is 0. The number of ether oxygens (including phenoxy) is 1. The van der Waals surface area contributed by atoms with E-state index in [0.29, 0.717) is 6.61 Å². The first-order chi connectivity index (χ1) is 5.92. The van der Waals surface area contributed by atoms with Crippen LogP contribution in [0.4, 0.5) is 0 Å². The summed E-state index contributed by atoms with van der Waals surface area (Å²) in [7, 11) is 1.89. The van der Waals surface area contributed by atoms with Crippen LogP contribution in [0.3, 0.4) is 0 Å². The van der Waals surface area contributed by atoms with Crippen LogP contribution in [0.5, 0.6) is 0 Å². The van der Waals surface area contributed by atoms with E-state index in [1.165, 1.54) is 0 Å². The standard InChI is InChI=1S/C8H12N2O2/c1-9-4-8-6-5-11-3-2-7(6)10-12-8/h9H,2-5H2,1H3. The molecule has 1 aromatic rings. The maximum absolute atomic E-state index is 5.31. The van der Waals surface area contributed by atoms with E-state index < -0.39 is 0 Å². The summed E-state index contributed by atoms with van der Waals surface area (Å²) < 4.78 is 10.5. The molecule has 12 heavy (non-hydrogen) atoms. The molecule has 1 aliphatic heterocycles. The molecule has 0 aliphatic carbocycles. The SMILES string of the molecule is CNCc1onc2c1COCC2. The Kier molecular flexibility index (Phi) is 2.10. The lowest BCUT2D eigenvalue weighted by atomic mass is 10.1. The molecule has 0 fully saturated rings. The summed E-state index contributed by atoms with van der Waals surface area (Å²) in [6.07, 6.45) is 0.878. The van der Waals surface area contributed by atoms with E-state index in [1.807, 2.05) is 7.05 Å². The van der Waals surface area contributed by atoms with Crippen LogP contribution in [0.1, 0.15) is 17.0 Å². The average Bonchev–Trinajstić information content (AvgIpc) is 2.50. The minimum atomic E-state index is 0.649. The van der Waals surface area contributed by atoms with E-state index in [9.17, 15) is 0 Å². The topological polar surface area (TPSA) is 47.3 Å². The van der Waals surface area contributed by atoms with Crippen LogP contribution in [0.15, 0.2) is 4.52 Å². The minimum absolute atomic E-state index is 0.649. The Morgan fingerprint density at radius 3 is 3.33 bits per heavy atom. The molecular weight excluding hydrogens is 156 g/mol. The molecule has 2 heterocycles. The van der Waals surface area contributed by atoms with Gasteiger partial charge in [0, 0.05) is 12.0 Å². The maximum Gasteiger partial charge on any atom is 0.156 e. The Hall–Kier alpha value is -0.870. The normalized spacial score (nSPS) is 16.1. The molecule has 0 atom stereocenters. The maximum atomic E-state index is 5.31. The molecule has 0 bridgehead atoms. The van der Waals surface area contributed by atoms with Crippen molar-refractivity contribution in [2.45, 2.75) is 19.6 Å². The molecule has 4 nitrogen and oxygen atoms in total. The molecule has 0 saturated carbocycles. The first kappa shape index (κ1) is 7.76. The monoisotopic (exact) mass is 168 g/mol. The van der Waals surface area contributed by atoms with Crippen molar-refractivity contribution in [1.82, 2.24) is 10.5 Å². The molecule has 1 N–H and O–H groups in total. The molecule has 66 valence electrons. The minimum Gasteiger partial charge on any atom is -0.376 e. The van der Waals surface area contributed by atoms with Gasteiger partial charge in [-0.3, -0.25) is 0 Å². The van der Waals surface area contributed by atoms with Crippen molar-refractivity contribution >= 4 is 0 Å². The highest BCUT2D eigenvalue weighted by molar-refractivity contribution is 5.23. The number of hydrogen-bond donors (Lipinski definition) is 1. The Bertz CT molecular complexity index is 270. The van der Waals surface area contributed by atoms with E-state index in [4.69, 9.17) is 9.26 Å². The second-order valence-electron chi connectivity index (χ2n) is 2.86. The summed E-state index contributed by atoms with van der Waals surface area (Å²) in [6.45, 7) is 2.14. The van der Waals surface area contributed by atoms with Gasteiger partial charge >= 0.3 is 0 Å². The number of hydrogen-bond acceptors (Lipinski definition) is 4. The van der Waals surface area contributed by atoms with Gasteiger partial charge in [0.15, 0.2) is 5.76 Å². The molecule has 1 aliphatic rings. The first-order valence-electron chi connectivity index (χ1n) is 4.10. The molecule has 2 rings (SSSR count). The van der Waals surface area contributed by atoms with Gasteiger partial charge in [-0.15, -0.1) is 0 Å². The fourth-order valence-corrected chi connectivity index (χ4v) is 1.38. The highest BCUT2D eigenvalue weighted by Crippen LogP contribution is 2.19. The Morgan fingerprint density at radius 2 is 2.50 bits per heavy atom. The summed E-state index contributed by atoms with van der Waals surface area (Å²) in [5, 5.41) is 7.01. The number of fused-ring (bicyclic) bond motifs is 1. The zero-order valence-electron chi connectivity index (χ0n) is 7.09. The molecule has 0 amide bonds. The Morgan fingerprint density at radius 1 is 1.58 bits per heavy atom. The van der Waals surface area contributed by atoms with Crippen LogP contribution < -0.4 is 5.32 Å². The van der Waals surface area contributed by atoms with Crippen LogP contribution in [0, 0.1) is 0 Å². The average molecular weight is 168 g/mol. The molecule has 0 saturated heterocycles. The summed E-state index contributed by atoms with van der Waals surface area (Å²) in [4.78, 5) is 0. The quantitative estimate of drug-likeness (QED) is 0.697. The van der Waals surface area contributed by atoms with Gasteiger partial charge in [-0.1, -0.05) is 5.16 Å². The van der Waals surface area contributed by atoms with Crippen LogP contribution >= 0.6 is 0 Å². The van der Waals surface area contributed by atoms with Gasteiger partial charge in [0.1, 0.15) is 0 Å². The second-order valence-corrected chi connectivity index (χ2v) is 2.86. The highest BCUT2D eigenvalue weighted by Gasteiger charge is 2.18. The third kappa shape index (κ3) is 1.23. The zero-order chi connectivity index (χ0) is 8.39. The summed E-state index contributed by atoms with van der Waals surface area (Å²) in [5.41, 5.74) is 2.20. The van der Waals surface area contributed by atoms with Crippen molar-refractivity contribution in [2.24, 2.45) is 0 Å². The lowest BCUT2D eigenvalue weighted by molar-refractivity contribution is 0.109. The second kappa shape index (κ2) is 3.25. The van der Waals surface area contributed by atoms with Crippen molar-refractivity contribution in [3.63, 3.8) is 0 Å². The van der Waals surface area contributed by atoms with E-state index in [0.717, 1.165) is 36.6 Å². The zero-order valence-corrected chi connectivity index (χ0v) is 7.09. The Balaban J connectivity index is 2.25. The molecule has 4 heteroatoms. The van der Waals surface area contributed by atoms with Crippen molar-refractivity contribution in [3.05, 3.63) is 17.0 Å². The van der Waals surface area contributed by atoms with Crippen molar-refractivity contribution in [1.29, 1.82) is 0 Å². The van der Waals surface area contributed by atoms with E-state index in [2.05, 4.69) is 10.5 Å². The van der Waals surface area contributed by atoms with Gasteiger partial charge < -0.3 is 14.6 Å². The molecule has 1 aromatic heterocycles. The third-order valence-corrected chi connectivity index (χ3v) is 2.02. The molecular formula is C8H12N2O2. The molecule has 0 unspecified atom stereocenters. The van der Waals surface area contributed by atoms with Gasteiger partial charge in [0.05, 0.1) is 25.5 Å². The van der Waals surface area contributed by atoms with Crippen LogP contribution in [0.25, 0.3) is 0 Å². The fraction of sp³-hybridized carbons (Fsp3) is 0.625. The summed E-state index contributed by atoms with van der Waals surface area (Å²) in [5.74, 6) is 0.909. The van der Waals surface area contributed by atoms with Gasteiger partial charge in [-0.05, 0) is 7.05 Å². The van der Waals surface area contributed by atoms with E-state index >= 15 is 0 Å². The number of nitrogens with one attached hydrogen (secondary N) is 1. The predicted molar refractivity (Wildman–Crippen MR) is 42.6 cm³/mol. The fourth-order valence-electron chi connectivity index (χ4n) is 1.38. The first-order valence-corrected chi connectivity index (χ1v) is 4.10. The summed E-state index contributed by atoms with van der Waals surface area (Å²) in [6, 6.07) is 0. The number of rotatable bonds is 2. The van der Waals surface area contributed by atoms with Gasteiger partial charge in [0.2, 0.25) is 0 Å². The van der Waals surface area contributed by atoms with Crippen LogP contribution in [-0.2, 0) is 24.3 Å². The van der Waals surface area contributed by atoms with E-state index in [-0.39, 0.29) is 0 Å². The molecule has 0 aromatic carbocycles. The van der Waals surface area contributed by atoms with Gasteiger partial charge in [-0.25, -0.2) is 0 Å². The predicted octanol–water partition coefficient (Wildman–Crippen LogP) is 0.467. The number of aromatic nitrogens is 1. The van der Waals surface area contributed by atoms with Gasteiger partial charge in [-0.2, -0.15) is 0 Å². The lowest BCUT2D eigenvalue weighted by Crippen LogP contribution is -2.12. The largest absolute Gasteiger partial charge is 0.376 e. The van der Waals surface area contributed by atoms with Crippen molar-refractivity contribution in [3.8, 4) is 0 Å². The molecule has 0 spiro atoms. The lowest BCUT2D eigenvalue weighted by Gasteiger charge is -2.10. The number of nitrogens with zero attached hydrogens (tertiary/aromatic N) is 1. The Labute approximate surface area is 70.9 Å². The van der Waals surface area contributed by atoms with Crippen LogP contribution in [-0.4, -0.2) is 18.8 Å². The van der Waals surface area contributed by atoms with Crippen LogP contribution in [0.2, 0.25) is 0 Å². The third-order valence-electron chi connectivity index (χ3n) is 2.02. The highest BCUT2D eigenvalue weighted by atomic mass is 16.5. The van der Waals surface area contributed by atoms with E-state index in [1.54, 1.807) is 0 Å².